The third-order valence-corrected chi connectivity index (χ3v) is 3.30. The highest BCUT2D eigenvalue weighted by atomic mass is 79.9. The molecule has 4 nitrogen and oxygen atoms in total. The molecule has 1 rings (SSSR count). The summed E-state index contributed by atoms with van der Waals surface area (Å²) in [6.45, 7) is 4.49. The normalized spacial score (nSPS) is 10.1. The minimum absolute atomic E-state index is 0.0830. The Morgan fingerprint density at radius 2 is 2.32 bits per heavy atom. The molecular weight excluding hydrogens is 332 g/mol. The molecule has 0 radical (unpaired) electrons. The van der Waals surface area contributed by atoms with Crippen molar-refractivity contribution in [2.24, 2.45) is 0 Å². The van der Waals surface area contributed by atoms with Gasteiger partial charge in [0.05, 0.1) is 6.61 Å². The van der Waals surface area contributed by atoms with Crippen LogP contribution in [-0.4, -0.2) is 35.7 Å². The van der Waals surface area contributed by atoms with Crippen LogP contribution in [0.4, 0.5) is 4.79 Å². The highest BCUT2D eigenvalue weighted by molar-refractivity contribution is 9.10. The molecule has 0 aliphatic carbocycles. The summed E-state index contributed by atoms with van der Waals surface area (Å²) in [4.78, 5) is 13.4. The van der Waals surface area contributed by atoms with Crippen molar-refractivity contribution < 1.29 is 9.90 Å². The smallest absolute Gasteiger partial charge is 0.318 e. The first-order valence-electron chi connectivity index (χ1n) is 5.77. The van der Waals surface area contributed by atoms with Crippen LogP contribution in [0.5, 0.6) is 0 Å². The number of halogens is 2. The van der Waals surface area contributed by atoms with Crippen molar-refractivity contribution in [2.75, 3.05) is 19.7 Å². The molecule has 0 spiro atoms. The van der Waals surface area contributed by atoms with E-state index in [0.717, 1.165) is 10.0 Å². The van der Waals surface area contributed by atoms with Gasteiger partial charge in [0.25, 0.3) is 0 Å². The van der Waals surface area contributed by atoms with Gasteiger partial charge in [-0.3, -0.25) is 0 Å². The van der Waals surface area contributed by atoms with Crippen LogP contribution in [0.1, 0.15) is 5.56 Å². The van der Waals surface area contributed by atoms with Crippen LogP contribution >= 0.6 is 27.5 Å². The zero-order valence-electron chi connectivity index (χ0n) is 10.4. The average Bonchev–Trinajstić information content (AvgIpc) is 2.37. The summed E-state index contributed by atoms with van der Waals surface area (Å²) in [5.74, 6) is 0. The lowest BCUT2D eigenvalue weighted by atomic mass is 10.2. The predicted molar refractivity (Wildman–Crippen MR) is 80.2 cm³/mol. The first kappa shape index (κ1) is 16.0. The van der Waals surface area contributed by atoms with E-state index in [1.165, 1.54) is 4.90 Å². The lowest BCUT2D eigenvalue weighted by Crippen LogP contribution is -2.41. The number of nitrogens with one attached hydrogen (secondary N) is 1. The molecule has 0 atom stereocenters. The van der Waals surface area contributed by atoms with Crippen molar-refractivity contribution in [3.8, 4) is 0 Å². The molecule has 19 heavy (non-hydrogen) atoms. The number of rotatable bonds is 6. The largest absolute Gasteiger partial charge is 0.395 e. The second kappa shape index (κ2) is 8.19. The summed E-state index contributed by atoms with van der Waals surface area (Å²) in [6.07, 6.45) is 1.61. The quantitative estimate of drug-likeness (QED) is 0.778. The number of hydrogen-bond donors (Lipinski definition) is 2. The molecule has 0 fully saturated rings. The maximum absolute atomic E-state index is 11.9. The molecule has 1 aromatic rings. The maximum Gasteiger partial charge on any atom is 0.318 e. The van der Waals surface area contributed by atoms with Gasteiger partial charge in [0, 0.05) is 29.1 Å². The number of nitrogens with zero attached hydrogens (tertiary/aromatic N) is 1. The minimum Gasteiger partial charge on any atom is -0.395 e. The van der Waals surface area contributed by atoms with Crippen LogP contribution in [-0.2, 0) is 6.54 Å². The first-order chi connectivity index (χ1) is 9.08. The third-order valence-electron chi connectivity index (χ3n) is 2.45. The third kappa shape index (κ3) is 5.22. The molecule has 0 saturated heterocycles. The Morgan fingerprint density at radius 1 is 1.58 bits per heavy atom. The maximum atomic E-state index is 11.9. The summed E-state index contributed by atoms with van der Waals surface area (Å²) in [6, 6.07) is 5.23. The lowest BCUT2D eigenvalue weighted by Gasteiger charge is -2.20. The molecule has 0 unspecified atom stereocenters. The lowest BCUT2D eigenvalue weighted by molar-refractivity contribution is 0.183. The van der Waals surface area contributed by atoms with Crippen molar-refractivity contribution >= 4 is 33.6 Å². The van der Waals surface area contributed by atoms with Crippen LogP contribution in [0.25, 0.3) is 0 Å². The number of aliphatic hydroxyl groups excluding tert-OH is 1. The zero-order valence-corrected chi connectivity index (χ0v) is 12.7. The summed E-state index contributed by atoms with van der Waals surface area (Å²) in [5.41, 5.74) is 0.834. The highest BCUT2D eigenvalue weighted by Crippen LogP contribution is 2.21. The van der Waals surface area contributed by atoms with E-state index in [2.05, 4.69) is 27.8 Å². The van der Waals surface area contributed by atoms with Gasteiger partial charge in [-0.05, 0) is 17.7 Å². The Bertz CT molecular complexity index is 454. The molecule has 0 saturated carbocycles. The van der Waals surface area contributed by atoms with E-state index in [1.807, 2.05) is 12.1 Å². The predicted octanol–water partition coefficient (Wildman–Crippen LogP) is 2.79. The Labute approximate surface area is 126 Å². The fourth-order valence-electron chi connectivity index (χ4n) is 1.50. The Hall–Kier alpha value is -1.04. The van der Waals surface area contributed by atoms with Crippen LogP contribution in [0.3, 0.4) is 0 Å². The second-order valence-electron chi connectivity index (χ2n) is 3.85. The van der Waals surface area contributed by atoms with Crippen LogP contribution in [0.2, 0.25) is 5.02 Å². The summed E-state index contributed by atoms with van der Waals surface area (Å²) >= 11 is 9.39. The van der Waals surface area contributed by atoms with Crippen molar-refractivity contribution in [3.63, 3.8) is 0 Å². The van der Waals surface area contributed by atoms with E-state index in [-0.39, 0.29) is 19.2 Å². The number of hydrogen-bond acceptors (Lipinski definition) is 2. The fourth-order valence-corrected chi connectivity index (χ4v) is 2.24. The number of carbonyl (C=O) groups is 1. The van der Waals surface area contributed by atoms with Crippen molar-refractivity contribution in [1.82, 2.24) is 10.2 Å². The van der Waals surface area contributed by atoms with E-state index in [0.29, 0.717) is 18.1 Å². The molecular formula is C13H16BrClN2O2. The number of benzene rings is 1. The van der Waals surface area contributed by atoms with E-state index < -0.39 is 0 Å². The van der Waals surface area contributed by atoms with E-state index in [9.17, 15) is 4.79 Å². The Kier molecular flexibility index (Phi) is 6.91. The van der Waals surface area contributed by atoms with Gasteiger partial charge in [-0.2, -0.15) is 0 Å². The number of carbonyl (C=O) groups excluding carboxylic acids is 1. The van der Waals surface area contributed by atoms with Crippen molar-refractivity contribution in [2.45, 2.75) is 6.54 Å². The van der Waals surface area contributed by atoms with Gasteiger partial charge in [0.15, 0.2) is 0 Å². The number of urea groups is 1. The van der Waals surface area contributed by atoms with Gasteiger partial charge in [-0.15, -0.1) is 6.58 Å². The molecule has 1 aromatic carbocycles. The summed E-state index contributed by atoms with van der Waals surface area (Å²) < 4.78 is 0.890. The van der Waals surface area contributed by atoms with Gasteiger partial charge in [0.2, 0.25) is 0 Å². The minimum atomic E-state index is -0.257. The number of amides is 2. The van der Waals surface area contributed by atoms with Crippen LogP contribution in [0.15, 0.2) is 35.3 Å². The zero-order chi connectivity index (χ0) is 14.3. The standard InChI is InChI=1S/C13H16BrClN2O2/c1-2-5-17(6-7-18)13(19)16-9-10-3-4-11(14)8-12(10)15/h2-4,8,18H,1,5-7,9H2,(H,16,19). The van der Waals surface area contributed by atoms with E-state index in [1.54, 1.807) is 12.1 Å². The van der Waals surface area contributed by atoms with Crippen molar-refractivity contribution in [3.05, 3.63) is 45.9 Å². The van der Waals surface area contributed by atoms with E-state index >= 15 is 0 Å². The highest BCUT2D eigenvalue weighted by Gasteiger charge is 2.11. The molecule has 0 aromatic heterocycles. The van der Waals surface area contributed by atoms with Gasteiger partial charge >= 0.3 is 6.03 Å². The molecule has 0 bridgehead atoms. The average molecular weight is 348 g/mol. The van der Waals surface area contributed by atoms with Gasteiger partial charge < -0.3 is 15.3 Å². The van der Waals surface area contributed by atoms with E-state index in [4.69, 9.17) is 16.7 Å². The van der Waals surface area contributed by atoms with Crippen molar-refractivity contribution in [1.29, 1.82) is 0 Å². The Morgan fingerprint density at radius 3 is 2.89 bits per heavy atom. The monoisotopic (exact) mass is 346 g/mol. The molecule has 0 heterocycles. The van der Waals surface area contributed by atoms with Gasteiger partial charge in [0.1, 0.15) is 0 Å². The topological polar surface area (TPSA) is 52.6 Å². The summed E-state index contributed by atoms with van der Waals surface area (Å²) in [5, 5.41) is 12.2. The molecule has 0 aliphatic rings. The molecule has 0 aliphatic heterocycles. The molecule has 2 N–H and O–H groups in total. The van der Waals surface area contributed by atoms with Gasteiger partial charge in [-0.1, -0.05) is 39.7 Å². The molecule has 6 heteroatoms. The SMILES string of the molecule is C=CCN(CCO)C(=O)NCc1ccc(Br)cc1Cl. The first-order valence-corrected chi connectivity index (χ1v) is 6.94. The molecule has 104 valence electrons. The molecule has 2 amide bonds. The fraction of sp³-hybridized carbons (Fsp3) is 0.308. The Balaban J connectivity index is 2.59. The second-order valence-corrected chi connectivity index (χ2v) is 5.18. The van der Waals surface area contributed by atoms with Crippen LogP contribution in [0, 0.1) is 0 Å². The number of aliphatic hydroxyl groups is 1. The van der Waals surface area contributed by atoms with Crippen LogP contribution < -0.4 is 5.32 Å². The summed E-state index contributed by atoms with van der Waals surface area (Å²) in [7, 11) is 0. The van der Waals surface area contributed by atoms with Gasteiger partial charge in [-0.25, -0.2) is 4.79 Å².